The largest absolute Gasteiger partial charge is 0.390 e. The van der Waals surface area contributed by atoms with Crippen LogP contribution in [-0.2, 0) is 0 Å². The van der Waals surface area contributed by atoms with Gasteiger partial charge < -0.3 is 15.3 Å². The first-order valence-corrected chi connectivity index (χ1v) is 6.44. The molecule has 16 heavy (non-hydrogen) atoms. The summed E-state index contributed by atoms with van der Waals surface area (Å²) >= 11 is 0. The van der Waals surface area contributed by atoms with Crippen LogP contribution in [0.1, 0.15) is 20.3 Å². The number of nitrogens with zero attached hydrogens (tertiary/aromatic N) is 2. The number of hydrogen-bond donors (Lipinski definition) is 2. The smallest absolute Gasteiger partial charge is 0.0603 e. The Morgan fingerprint density at radius 3 is 2.25 bits per heavy atom. The van der Waals surface area contributed by atoms with Crippen molar-refractivity contribution in [2.75, 3.05) is 45.8 Å². The van der Waals surface area contributed by atoms with E-state index in [4.69, 9.17) is 0 Å². The average Bonchev–Trinajstić information content (AvgIpc) is 2.13. The van der Waals surface area contributed by atoms with Gasteiger partial charge in [-0.3, -0.25) is 4.90 Å². The fourth-order valence-corrected chi connectivity index (χ4v) is 2.32. The molecule has 4 heteroatoms. The topological polar surface area (TPSA) is 38.7 Å². The van der Waals surface area contributed by atoms with Crippen molar-refractivity contribution in [1.29, 1.82) is 0 Å². The van der Waals surface area contributed by atoms with E-state index in [0.717, 1.165) is 32.1 Å². The van der Waals surface area contributed by atoms with E-state index in [1.807, 2.05) is 13.8 Å². The molecule has 0 saturated carbocycles. The minimum atomic E-state index is -0.519. The maximum Gasteiger partial charge on any atom is 0.0603 e. The van der Waals surface area contributed by atoms with Gasteiger partial charge in [0.05, 0.1) is 5.60 Å². The number of rotatable bonds is 4. The zero-order chi connectivity index (χ0) is 11.6. The van der Waals surface area contributed by atoms with Crippen LogP contribution in [0.3, 0.4) is 0 Å². The SMILES string of the molecule is CC(C)(O)CCN1CCN(C2CNC2)CC1. The van der Waals surface area contributed by atoms with E-state index in [1.165, 1.54) is 26.2 Å². The molecule has 94 valence electrons. The van der Waals surface area contributed by atoms with E-state index in [0.29, 0.717) is 0 Å². The van der Waals surface area contributed by atoms with Gasteiger partial charge in [0.1, 0.15) is 0 Å². The summed E-state index contributed by atoms with van der Waals surface area (Å²) < 4.78 is 0. The number of aliphatic hydroxyl groups is 1. The van der Waals surface area contributed by atoms with Crippen LogP contribution in [0.5, 0.6) is 0 Å². The van der Waals surface area contributed by atoms with Crippen LogP contribution in [0.25, 0.3) is 0 Å². The van der Waals surface area contributed by atoms with Gasteiger partial charge in [-0.25, -0.2) is 0 Å². The molecular weight excluding hydrogens is 202 g/mol. The molecule has 0 bridgehead atoms. The highest BCUT2D eigenvalue weighted by Crippen LogP contribution is 2.12. The van der Waals surface area contributed by atoms with E-state index >= 15 is 0 Å². The fourth-order valence-electron chi connectivity index (χ4n) is 2.32. The molecule has 2 saturated heterocycles. The third kappa shape index (κ3) is 3.42. The second-order valence-electron chi connectivity index (χ2n) is 5.75. The van der Waals surface area contributed by atoms with Gasteiger partial charge in [-0.2, -0.15) is 0 Å². The van der Waals surface area contributed by atoms with Crippen molar-refractivity contribution < 1.29 is 5.11 Å². The molecule has 2 heterocycles. The molecule has 4 nitrogen and oxygen atoms in total. The van der Waals surface area contributed by atoms with Crippen LogP contribution in [0.15, 0.2) is 0 Å². The number of hydrogen-bond acceptors (Lipinski definition) is 4. The van der Waals surface area contributed by atoms with Crippen LogP contribution in [0.2, 0.25) is 0 Å². The molecule has 0 aliphatic carbocycles. The summed E-state index contributed by atoms with van der Waals surface area (Å²) in [6.45, 7) is 11.9. The lowest BCUT2D eigenvalue weighted by atomic mass is 10.0. The summed E-state index contributed by atoms with van der Waals surface area (Å²) in [4.78, 5) is 5.07. The summed E-state index contributed by atoms with van der Waals surface area (Å²) in [6.07, 6.45) is 0.873. The summed E-state index contributed by atoms with van der Waals surface area (Å²) in [5.41, 5.74) is -0.519. The lowest BCUT2D eigenvalue weighted by Crippen LogP contribution is -2.61. The van der Waals surface area contributed by atoms with Crippen LogP contribution in [0, 0.1) is 0 Å². The Labute approximate surface area is 98.6 Å². The zero-order valence-electron chi connectivity index (χ0n) is 10.6. The summed E-state index contributed by atoms with van der Waals surface area (Å²) in [6, 6.07) is 0.788. The van der Waals surface area contributed by atoms with E-state index in [9.17, 15) is 5.11 Å². The van der Waals surface area contributed by atoms with Crippen LogP contribution >= 0.6 is 0 Å². The molecule has 0 aromatic carbocycles. The second kappa shape index (κ2) is 5.00. The van der Waals surface area contributed by atoms with Crippen molar-refractivity contribution in [1.82, 2.24) is 15.1 Å². The Hall–Kier alpha value is -0.160. The van der Waals surface area contributed by atoms with Crippen molar-refractivity contribution in [3.05, 3.63) is 0 Å². The highest BCUT2D eigenvalue weighted by molar-refractivity contribution is 4.87. The first-order chi connectivity index (χ1) is 7.54. The van der Waals surface area contributed by atoms with Gasteiger partial charge in [0.25, 0.3) is 0 Å². The van der Waals surface area contributed by atoms with Gasteiger partial charge in [-0.15, -0.1) is 0 Å². The molecule has 0 radical (unpaired) electrons. The molecule has 2 N–H and O–H groups in total. The highest BCUT2D eigenvalue weighted by atomic mass is 16.3. The Kier molecular flexibility index (Phi) is 3.85. The molecule has 0 spiro atoms. The third-order valence-corrected chi connectivity index (χ3v) is 3.72. The van der Waals surface area contributed by atoms with Gasteiger partial charge in [-0.05, 0) is 20.3 Å². The van der Waals surface area contributed by atoms with E-state index < -0.39 is 5.60 Å². The van der Waals surface area contributed by atoms with Crippen molar-refractivity contribution in [2.45, 2.75) is 31.9 Å². The average molecular weight is 227 g/mol. The maximum atomic E-state index is 9.69. The lowest BCUT2D eigenvalue weighted by molar-refractivity contribution is 0.0358. The van der Waals surface area contributed by atoms with Crippen LogP contribution in [0.4, 0.5) is 0 Å². The normalized spacial score (nSPS) is 25.7. The molecule has 0 aromatic rings. The highest BCUT2D eigenvalue weighted by Gasteiger charge is 2.27. The summed E-state index contributed by atoms with van der Waals surface area (Å²) in [5.74, 6) is 0. The molecule has 2 aliphatic rings. The molecular formula is C12H25N3O. The minimum Gasteiger partial charge on any atom is -0.390 e. The van der Waals surface area contributed by atoms with Crippen molar-refractivity contribution in [3.63, 3.8) is 0 Å². The van der Waals surface area contributed by atoms with Crippen LogP contribution in [-0.4, -0.2) is 72.4 Å². The molecule has 0 unspecified atom stereocenters. The van der Waals surface area contributed by atoms with E-state index in [-0.39, 0.29) is 0 Å². The van der Waals surface area contributed by atoms with Gasteiger partial charge >= 0.3 is 0 Å². The third-order valence-electron chi connectivity index (χ3n) is 3.72. The van der Waals surface area contributed by atoms with Gasteiger partial charge in [0, 0.05) is 51.9 Å². The quantitative estimate of drug-likeness (QED) is 0.694. The first kappa shape index (κ1) is 12.3. The monoisotopic (exact) mass is 227 g/mol. The fraction of sp³-hybridized carbons (Fsp3) is 1.00. The molecule has 2 rings (SSSR count). The van der Waals surface area contributed by atoms with Gasteiger partial charge in [-0.1, -0.05) is 0 Å². The Balaban J connectivity index is 1.65. The molecule has 0 amide bonds. The van der Waals surface area contributed by atoms with Crippen LogP contribution < -0.4 is 5.32 Å². The minimum absolute atomic E-state index is 0.519. The number of nitrogens with one attached hydrogen (secondary N) is 1. The van der Waals surface area contributed by atoms with Crippen molar-refractivity contribution in [2.24, 2.45) is 0 Å². The Bertz CT molecular complexity index is 215. The predicted molar refractivity (Wildman–Crippen MR) is 65.6 cm³/mol. The van der Waals surface area contributed by atoms with Crippen molar-refractivity contribution >= 4 is 0 Å². The van der Waals surface area contributed by atoms with E-state index in [1.54, 1.807) is 0 Å². The summed E-state index contributed by atoms with van der Waals surface area (Å²) in [7, 11) is 0. The number of piperazine rings is 1. The molecule has 0 atom stereocenters. The maximum absolute atomic E-state index is 9.69. The summed E-state index contributed by atoms with van der Waals surface area (Å²) in [5, 5.41) is 13.0. The first-order valence-electron chi connectivity index (χ1n) is 6.44. The Morgan fingerprint density at radius 2 is 1.81 bits per heavy atom. The molecule has 0 aromatic heterocycles. The van der Waals surface area contributed by atoms with Gasteiger partial charge in [0.15, 0.2) is 0 Å². The predicted octanol–water partition coefficient (Wildman–Crippen LogP) is -0.263. The Morgan fingerprint density at radius 1 is 1.19 bits per heavy atom. The standard InChI is InChI=1S/C12H25N3O/c1-12(2,16)3-4-14-5-7-15(8-6-14)11-9-13-10-11/h11,13,16H,3-10H2,1-2H3. The lowest BCUT2D eigenvalue weighted by Gasteiger charge is -2.43. The van der Waals surface area contributed by atoms with Crippen molar-refractivity contribution in [3.8, 4) is 0 Å². The van der Waals surface area contributed by atoms with Gasteiger partial charge in [0.2, 0.25) is 0 Å². The van der Waals surface area contributed by atoms with E-state index in [2.05, 4.69) is 15.1 Å². The molecule has 2 aliphatic heterocycles. The zero-order valence-corrected chi connectivity index (χ0v) is 10.6. The second-order valence-corrected chi connectivity index (χ2v) is 5.75. The molecule has 2 fully saturated rings.